The van der Waals surface area contributed by atoms with Gasteiger partial charge >= 0.3 is 5.69 Å². The molecule has 1 N–H and O–H groups in total. The topological polar surface area (TPSA) is 67.8 Å². The summed E-state index contributed by atoms with van der Waals surface area (Å²) in [4.78, 5) is 28.0. The molecule has 72 valence electrons. The predicted octanol–water partition coefficient (Wildman–Crippen LogP) is -0.239. The zero-order chi connectivity index (χ0) is 10.3. The smallest absolute Gasteiger partial charge is 0.316 e. The summed E-state index contributed by atoms with van der Waals surface area (Å²) >= 11 is 0. The number of aryl methyl sites for hydroxylation is 1. The van der Waals surface area contributed by atoms with E-state index in [1.54, 1.807) is 0 Å². The summed E-state index contributed by atoms with van der Waals surface area (Å²) in [5, 5.41) is 0.188. The highest BCUT2D eigenvalue weighted by molar-refractivity contribution is 5.72. The average molecular weight is 195 g/mol. The predicted molar refractivity (Wildman–Crippen MR) is 47.6 cm³/mol. The summed E-state index contributed by atoms with van der Waals surface area (Å²) in [6.07, 6.45) is 1.32. The number of aromatic nitrogens is 3. The molecule has 2 aromatic rings. The first kappa shape index (κ1) is 8.61. The van der Waals surface area contributed by atoms with Crippen LogP contribution in [0.15, 0.2) is 21.9 Å². The lowest BCUT2D eigenvalue weighted by atomic mass is 10.3. The first-order valence-corrected chi connectivity index (χ1v) is 3.84. The maximum absolute atomic E-state index is 12.7. The highest BCUT2D eigenvalue weighted by Gasteiger charge is 2.04. The van der Waals surface area contributed by atoms with E-state index in [-0.39, 0.29) is 11.0 Å². The molecule has 0 saturated heterocycles. The normalized spacial score (nSPS) is 10.7. The third-order valence-electron chi connectivity index (χ3n) is 1.85. The van der Waals surface area contributed by atoms with Gasteiger partial charge in [-0.25, -0.2) is 4.79 Å². The Morgan fingerprint density at radius 3 is 2.93 bits per heavy atom. The molecule has 2 aromatic heterocycles. The van der Waals surface area contributed by atoms with Gasteiger partial charge in [-0.05, 0) is 0 Å². The Bertz CT molecular complexity index is 614. The molecule has 0 bridgehead atoms. The second-order valence-electron chi connectivity index (χ2n) is 2.88. The quantitative estimate of drug-likeness (QED) is 0.590. The van der Waals surface area contributed by atoms with Crippen molar-refractivity contribution in [2.24, 2.45) is 7.05 Å². The van der Waals surface area contributed by atoms with Gasteiger partial charge in [-0.3, -0.25) is 4.79 Å². The van der Waals surface area contributed by atoms with Crippen LogP contribution in [0.5, 0.6) is 0 Å². The van der Waals surface area contributed by atoms with Crippen LogP contribution in [0.4, 0.5) is 4.39 Å². The molecule has 0 aliphatic carbocycles. The number of pyridine rings is 1. The molecule has 6 heteroatoms. The van der Waals surface area contributed by atoms with E-state index in [1.807, 2.05) is 0 Å². The summed E-state index contributed by atoms with van der Waals surface area (Å²) in [5.74, 6) is -0.803. The van der Waals surface area contributed by atoms with Crippen molar-refractivity contribution in [1.29, 1.82) is 0 Å². The number of rotatable bonds is 0. The Labute approximate surface area is 76.8 Å². The van der Waals surface area contributed by atoms with Crippen LogP contribution in [0.3, 0.4) is 0 Å². The first-order chi connectivity index (χ1) is 6.58. The van der Waals surface area contributed by atoms with E-state index >= 15 is 0 Å². The number of nitrogens with one attached hydrogen (secondary N) is 1. The van der Waals surface area contributed by atoms with E-state index in [4.69, 9.17) is 0 Å². The van der Waals surface area contributed by atoms with E-state index in [0.717, 1.165) is 10.6 Å². The number of halogens is 1. The molecule has 2 rings (SSSR count). The summed E-state index contributed by atoms with van der Waals surface area (Å²) in [6.45, 7) is 0. The minimum Gasteiger partial charge on any atom is -0.316 e. The molecule has 14 heavy (non-hydrogen) atoms. The number of hydrogen-bond donors (Lipinski definition) is 1. The lowest BCUT2D eigenvalue weighted by Crippen LogP contribution is -2.21. The standard InChI is InChI=1S/C8H6FN3O2/c1-12-3-4-5(13)2-6(9)10-7(4)11-8(12)14/h2-3H,1H3,(H,10,11,14). The van der Waals surface area contributed by atoms with E-state index in [2.05, 4.69) is 9.97 Å². The summed E-state index contributed by atoms with van der Waals surface area (Å²) < 4.78 is 13.9. The van der Waals surface area contributed by atoms with Crippen molar-refractivity contribution in [2.75, 3.05) is 0 Å². The van der Waals surface area contributed by atoms with Crippen LogP contribution in [0.1, 0.15) is 0 Å². The van der Waals surface area contributed by atoms with Crippen LogP contribution in [0.2, 0.25) is 0 Å². The van der Waals surface area contributed by atoms with Crippen molar-refractivity contribution >= 4 is 11.0 Å². The molecule has 0 unspecified atom stereocenters. The fourth-order valence-corrected chi connectivity index (χ4v) is 1.16. The number of hydrogen-bond acceptors (Lipinski definition) is 3. The molecule has 0 fully saturated rings. The highest BCUT2D eigenvalue weighted by Crippen LogP contribution is 2.00. The van der Waals surface area contributed by atoms with Gasteiger partial charge in [0.25, 0.3) is 0 Å². The van der Waals surface area contributed by atoms with Gasteiger partial charge in [0.05, 0.1) is 5.39 Å². The highest BCUT2D eigenvalue weighted by atomic mass is 19.1. The van der Waals surface area contributed by atoms with Gasteiger partial charge in [-0.1, -0.05) is 0 Å². The van der Waals surface area contributed by atoms with Crippen LogP contribution in [0.25, 0.3) is 11.0 Å². The van der Waals surface area contributed by atoms with Crippen molar-refractivity contribution in [3.8, 4) is 0 Å². The summed E-state index contributed by atoms with van der Waals surface area (Å²) in [5.41, 5.74) is -1.07. The van der Waals surface area contributed by atoms with E-state index in [9.17, 15) is 14.0 Å². The van der Waals surface area contributed by atoms with Gasteiger partial charge in [-0.2, -0.15) is 9.37 Å². The fourth-order valence-electron chi connectivity index (χ4n) is 1.16. The molecule has 0 saturated carbocycles. The zero-order valence-electron chi connectivity index (χ0n) is 7.24. The van der Waals surface area contributed by atoms with Crippen LogP contribution >= 0.6 is 0 Å². The third kappa shape index (κ3) is 1.20. The molecular weight excluding hydrogens is 189 g/mol. The zero-order valence-corrected chi connectivity index (χ0v) is 7.24. The van der Waals surface area contributed by atoms with Crippen molar-refractivity contribution < 1.29 is 4.39 Å². The van der Waals surface area contributed by atoms with Gasteiger partial charge in [0.15, 0.2) is 17.0 Å². The van der Waals surface area contributed by atoms with E-state index in [1.165, 1.54) is 13.2 Å². The number of H-pyrrole nitrogens is 1. The van der Waals surface area contributed by atoms with Gasteiger partial charge in [-0.15, -0.1) is 0 Å². The number of aromatic amines is 1. The van der Waals surface area contributed by atoms with Crippen LogP contribution in [-0.4, -0.2) is 14.5 Å². The molecule has 0 amide bonds. The molecule has 5 nitrogen and oxygen atoms in total. The van der Waals surface area contributed by atoms with Crippen LogP contribution in [0, 0.1) is 5.95 Å². The molecule has 0 aliphatic heterocycles. The maximum Gasteiger partial charge on any atom is 0.349 e. The Balaban J connectivity index is 3.04. The minimum atomic E-state index is -0.803. The Morgan fingerprint density at radius 1 is 1.50 bits per heavy atom. The van der Waals surface area contributed by atoms with Crippen molar-refractivity contribution in [3.05, 3.63) is 38.9 Å². The van der Waals surface area contributed by atoms with Gasteiger partial charge in [0.2, 0.25) is 0 Å². The first-order valence-electron chi connectivity index (χ1n) is 3.84. The minimum absolute atomic E-state index is 0.0295. The Kier molecular flexibility index (Phi) is 1.70. The molecular formula is C8H6FN3O2. The second kappa shape index (κ2) is 2.76. The van der Waals surface area contributed by atoms with E-state index in [0.29, 0.717) is 0 Å². The van der Waals surface area contributed by atoms with Crippen LogP contribution < -0.4 is 11.1 Å². The Morgan fingerprint density at radius 2 is 2.21 bits per heavy atom. The maximum atomic E-state index is 12.7. The second-order valence-corrected chi connectivity index (χ2v) is 2.88. The lowest BCUT2D eigenvalue weighted by molar-refractivity contribution is 0.586. The number of fused-ring (bicyclic) bond motifs is 1. The van der Waals surface area contributed by atoms with Crippen LogP contribution in [-0.2, 0) is 7.05 Å². The number of nitrogens with zero attached hydrogens (tertiary/aromatic N) is 2. The summed E-state index contributed by atoms with van der Waals surface area (Å²) in [7, 11) is 1.47. The largest absolute Gasteiger partial charge is 0.349 e. The summed E-state index contributed by atoms with van der Waals surface area (Å²) in [6, 6.07) is 0.814. The third-order valence-corrected chi connectivity index (χ3v) is 1.85. The van der Waals surface area contributed by atoms with Gasteiger partial charge < -0.3 is 9.55 Å². The molecule has 0 radical (unpaired) electrons. The Hall–Kier alpha value is -1.98. The average Bonchev–Trinajstić information content (AvgIpc) is 2.08. The van der Waals surface area contributed by atoms with Crippen molar-refractivity contribution in [1.82, 2.24) is 14.5 Å². The van der Waals surface area contributed by atoms with Gasteiger partial charge in [0.1, 0.15) is 0 Å². The van der Waals surface area contributed by atoms with Crippen molar-refractivity contribution in [2.45, 2.75) is 0 Å². The molecule has 2 heterocycles. The van der Waals surface area contributed by atoms with E-state index < -0.39 is 17.1 Å². The monoisotopic (exact) mass is 195 g/mol. The lowest BCUT2D eigenvalue weighted by Gasteiger charge is -1.98. The fraction of sp³-hybridized carbons (Fsp3) is 0.125. The SMILES string of the molecule is Cn1cc2c(=O)cc(F)[nH]c2nc1=O. The molecule has 0 spiro atoms. The molecule has 0 aromatic carbocycles. The van der Waals surface area contributed by atoms with Crippen molar-refractivity contribution in [3.63, 3.8) is 0 Å². The molecule has 0 aliphatic rings. The van der Waals surface area contributed by atoms with Gasteiger partial charge in [0, 0.05) is 19.3 Å². The molecule has 0 atom stereocenters.